The van der Waals surface area contributed by atoms with Crippen LogP contribution in [-0.4, -0.2) is 45.1 Å². The average molecular weight is 498 g/mol. The number of benzene rings is 1. The molecule has 0 radical (unpaired) electrons. The maximum atomic E-state index is 12.7. The molecule has 0 aliphatic carbocycles. The zero-order valence-electron chi connectivity index (χ0n) is 18.9. The molecule has 36 heavy (non-hydrogen) atoms. The lowest BCUT2D eigenvalue weighted by molar-refractivity contribution is -0.385. The van der Waals surface area contributed by atoms with Crippen molar-refractivity contribution in [2.75, 3.05) is 14.2 Å². The van der Waals surface area contributed by atoms with Gasteiger partial charge in [0.05, 0.1) is 49.5 Å². The molecule has 2 heterocycles. The van der Waals surface area contributed by atoms with Crippen LogP contribution in [0.4, 0.5) is 11.4 Å². The van der Waals surface area contributed by atoms with Gasteiger partial charge in [-0.2, -0.15) is 0 Å². The van der Waals surface area contributed by atoms with Gasteiger partial charge in [0.15, 0.2) is 0 Å². The van der Waals surface area contributed by atoms with Gasteiger partial charge in [0.1, 0.15) is 11.1 Å². The molecule has 3 rings (SSSR count). The highest BCUT2D eigenvalue weighted by Crippen LogP contribution is 2.15. The standard InChI is InChI=1S/C22H18N4O10/c1-35-21(29)17-7-15(25(31)32)11-23(19(17)27)9-13-4-3-5-14(6-13)10-24-12-16(26(33)34)8-18(20(24)28)22(30)36-2/h3-8,11-12H,9-10H2,1-2H3. The lowest BCUT2D eigenvalue weighted by Gasteiger charge is -2.11. The third-order valence-corrected chi connectivity index (χ3v) is 5.07. The molecule has 0 unspecified atom stereocenters. The highest BCUT2D eigenvalue weighted by Gasteiger charge is 2.21. The lowest BCUT2D eigenvalue weighted by atomic mass is 10.1. The van der Waals surface area contributed by atoms with Crippen LogP contribution in [0.3, 0.4) is 0 Å². The average Bonchev–Trinajstić information content (AvgIpc) is 2.85. The van der Waals surface area contributed by atoms with Gasteiger partial charge in [-0.1, -0.05) is 24.3 Å². The largest absolute Gasteiger partial charge is 0.465 e. The number of methoxy groups -OCH3 is 2. The molecule has 0 aliphatic heterocycles. The summed E-state index contributed by atoms with van der Waals surface area (Å²) in [5, 5.41) is 22.5. The summed E-state index contributed by atoms with van der Waals surface area (Å²) < 4.78 is 11.0. The smallest absolute Gasteiger partial charge is 0.343 e. The van der Waals surface area contributed by atoms with E-state index in [1.54, 1.807) is 24.3 Å². The Balaban J connectivity index is 2.01. The van der Waals surface area contributed by atoms with Crippen LogP contribution < -0.4 is 11.1 Å². The number of esters is 2. The number of carbonyl (C=O) groups is 2. The predicted octanol–water partition coefficient (Wildman–Crippen LogP) is 1.50. The maximum Gasteiger partial charge on any atom is 0.343 e. The number of aromatic nitrogens is 2. The fraction of sp³-hybridized carbons (Fsp3) is 0.182. The topological polar surface area (TPSA) is 183 Å². The Morgan fingerprint density at radius 1 is 0.778 bits per heavy atom. The Morgan fingerprint density at radius 2 is 1.17 bits per heavy atom. The first-order chi connectivity index (χ1) is 17.0. The third-order valence-electron chi connectivity index (χ3n) is 5.07. The van der Waals surface area contributed by atoms with E-state index in [1.807, 2.05) is 0 Å². The number of carbonyl (C=O) groups excluding carboxylic acids is 2. The molecule has 0 amide bonds. The van der Waals surface area contributed by atoms with Crippen molar-refractivity contribution in [2.45, 2.75) is 13.1 Å². The normalized spacial score (nSPS) is 10.5. The zero-order chi connectivity index (χ0) is 26.6. The molecule has 0 saturated heterocycles. The van der Waals surface area contributed by atoms with Crippen molar-refractivity contribution in [3.05, 3.63) is 112 Å². The molecule has 0 N–H and O–H groups in total. The second kappa shape index (κ2) is 10.4. The van der Waals surface area contributed by atoms with Crippen molar-refractivity contribution in [1.29, 1.82) is 0 Å². The minimum absolute atomic E-state index is 0.171. The molecule has 0 spiro atoms. The summed E-state index contributed by atoms with van der Waals surface area (Å²) in [4.78, 5) is 70.2. The summed E-state index contributed by atoms with van der Waals surface area (Å²) >= 11 is 0. The van der Waals surface area contributed by atoms with E-state index in [-0.39, 0.29) is 13.1 Å². The highest BCUT2D eigenvalue weighted by molar-refractivity contribution is 5.90. The molecule has 0 fully saturated rings. The van der Waals surface area contributed by atoms with E-state index in [2.05, 4.69) is 9.47 Å². The van der Waals surface area contributed by atoms with Crippen LogP contribution in [0.1, 0.15) is 31.8 Å². The van der Waals surface area contributed by atoms with E-state index in [4.69, 9.17) is 0 Å². The molecular weight excluding hydrogens is 480 g/mol. The lowest BCUT2D eigenvalue weighted by Crippen LogP contribution is -2.28. The zero-order valence-corrected chi connectivity index (χ0v) is 18.9. The molecule has 3 aromatic rings. The summed E-state index contributed by atoms with van der Waals surface area (Å²) in [7, 11) is 2.08. The third kappa shape index (κ3) is 5.32. The molecule has 1 aromatic carbocycles. The van der Waals surface area contributed by atoms with E-state index >= 15 is 0 Å². The van der Waals surface area contributed by atoms with Crippen molar-refractivity contribution in [3.8, 4) is 0 Å². The van der Waals surface area contributed by atoms with Gasteiger partial charge in [-0.3, -0.25) is 29.8 Å². The molecule has 14 heteroatoms. The fourth-order valence-corrected chi connectivity index (χ4v) is 3.41. The van der Waals surface area contributed by atoms with Crippen LogP contribution >= 0.6 is 0 Å². The predicted molar refractivity (Wildman–Crippen MR) is 122 cm³/mol. The van der Waals surface area contributed by atoms with Gasteiger partial charge in [-0.05, 0) is 11.1 Å². The minimum atomic E-state index is -1.03. The van der Waals surface area contributed by atoms with Crippen LogP contribution in [0.5, 0.6) is 0 Å². The summed E-state index contributed by atoms with van der Waals surface area (Å²) in [6.45, 7) is -0.342. The van der Waals surface area contributed by atoms with Gasteiger partial charge in [0, 0.05) is 12.1 Å². The van der Waals surface area contributed by atoms with E-state index < -0.39 is 55.4 Å². The van der Waals surface area contributed by atoms with Crippen molar-refractivity contribution in [1.82, 2.24) is 9.13 Å². The van der Waals surface area contributed by atoms with E-state index in [0.29, 0.717) is 11.1 Å². The second-order valence-electron chi connectivity index (χ2n) is 7.41. The number of pyridine rings is 2. The molecular formula is C22H18N4O10. The first-order valence-corrected chi connectivity index (χ1v) is 10.1. The van der Waals surface area contributed by atoms with Crippen LogP contribution in [-0.2, 0) is 22.6 Å². The van der Waals surface area contributed by atoms with E-state index in [9.17, 15) is 39.4 Å². The SMILES string of the molecule is COC(=O)c1cc([N+](=O)[O-])cn(Cc2cccc(Cn3cc([N+](=O)[O-])cc(C(=O)OC)c3=O)c2)c1=O. The summed E-state index contributed by atoms with van der Waals surface area (Å²) in [5.74, 6) is -2.06. The molecule has 0 saturated carbocycles. The van der Waals surface area contributed by atoms with E-state index in [1.165, 1.54) is 0 Å². The van der Waals surface area contributed by atoms with Crippen LogP contribution in [0.15, 0.2) is 58.4 Å². The Morgan fingerprint density at radius 3 is 1.50 bits per heavy atom. The van der Waals surface area contributed by atoms with Gasteiger partial charge in [0.2, 0.25) is 0 Å². The Bertz CT molecular complexity index is 1400. The minimum Gasteiger partial charge on any atom is -0.465 e. The van der Waals surface area contributed by atoms with Crippen LogP contribution in [0.25, 0.3) is 0 Å². The summed E-state index contributed by atoms with van der Waals surface area (Å²) in [6, 6.07) is 8.00. The van der Waals surface area contributed by atoms with Crippen molar-refractivity contribution >= 4 is 23.3 Å². The Labute approximate surface area is 201 Å². The maximum absolute atomic E-state index is 12.7. The van der Waals surface area contributed by atoms with E-state index in [0.717, 1.165) is 47.9 Å². The number of nitrogens with zero attached hydrogens (tertiary/aromatic N) is 4. The van der Waals surface area contributed by atoms with Crippen LogP contribution in [0, 0.1) is 20.2 Å². The molecule has 0 aliphatic rings. The van der Waals surface area contributed by atoms with Crippen molar-refractivity contribution in [2.24, 2.45) is 0 Å². The highest BCUT2D eigenvalue weighted by atomic mass is 16.6. The number of hydrogen-bond acceptors (Lipinski definition) is 10. The van der Waals surface area contributed by atoms with Gasteiger partial charge in [-0.15, -0.1) is 0 Å². The summed E-state index contributed by atoms with van der Waals surface area (Å²) in [6.07, 6.45) is 1.96. The number of nitro groups is 2. The molecule has 14 nitrogen and oxygen atoms in total. The molecule has 0 atom stereocenters. The number of hydrogen-bond donors (Lipinski definition) is 0. The Hall–Kier alpha value is -5.14. The second-order valence-corrected chi connectivity index (χ2v) is 7.41. The van der Waals surface area contributed by atoms with Gasteiger partial charge in [0.25, 0.3) is 22.5 Å². The summed E-state index contributed by atoms with van der Waals surface area (Å²) in [5.41, 5.74) is -2.70. The van der Waals surface area contributed by atoms with Gasteiger partial charge >= 0.3 is 11.9 Å². The van der Waals surface area contributed by atoms with Crippen LogP contribution in [0.2, 0.25) is 0 Å². The van der Waals surface area contributed by atoms with Gasteiger partial charge in [-0.25, -0.2) is 9.59 Å². The first kappa shape index (κ1) is 25.5. The molecule has 186 valence electrons. The molecule has 2 aromatic heterocycles. The van der Waals surface area contributed by atoms with Gasteiger partial charge < -0.3 is 18.6 Å². The molecule has 0 bridgehead atoms. The Kier molecular flexibility index (Phi) is 7.37. The fourth-order valence-electron chi connectivity index (χ4n) is 3.41. The number of rotatable bonds is 8. The monoisotopic (exact) mass is 498 g/mol. The van der Waals surface area contributed by atoms with Crippen molar-refractivity contribution < 1.29 is 28.9 Å². The van der Waals surface area contributed by atoms with Crippen molar-refractivity contribution in [3.63, 3.8) is 0 Å². The number of ether oxygens (including phenoxy) is 2. The first-order valence-electron chi connectivity index (χ1n) is 10.1. The quantitative estimate of drug-likeness (QED) is 0.250.